The Kier molecular flexibility index (Phi) is 26.9. The van der Waals surface area contributed by atoms with E-state index < -0.39 is 0 Å². The van der Waals surface area contributed by atoms with E-state index in [-0.39, 0.29) is 17.2 Å². The lowest BCUT2D eigenvalue weighted by Gasteiger charge is -2.45. The van der Waals surface area contributed by atoms with Crippen LogP contribution in [0.4, 0.5) is 0 Å². The van der Waals surface area contributed by atoms with Crippen LogP contribution in [0.15, 0.2) is 34.4 Å². The summed E-state index contributed by atoms with van der Waals surface area (Å²) in [5.74, 6) is 0.948. The number of benzene rings is 1. The number of nitrogens with one attached hydrogen (secondary N) is 3. The number of aryl methyl sites for hydroxylation is 2. The molecule has 2 amide bonds. The molecule has 1 aromatic rings. The zero-order valence-electron chi connectivity index (χ0n) is 27.2. The van der Waals surface area contributed by atoms with Gasteiger partial charge < -0.3 is 21.0 Å². The number of rotatable bonds is 13. The third-order valence-corrected chi connectivity index (χ3v) is 7.62. The van der Waals surface area contributed by atoms with Crippen LogP contribution < -0.4 is 16.1 Å². The molecule has 0 radical (unpaired) electrons. The van der Waals surface area contributed by atoms with Crippen LogP contribution in [0.25, 0.3) is 0 Å². The molecule has 1 fully saturated rings. The smallest absolute Gasteiger partial charge is 0.222 e. The Morgan fingerprint density at radius 2 is 1.71 bits per heavy atom. The molecular weight excluding hydrogens is 627 g/mol. The van der Waals surface area contributed by atoms with E-state index in [1.807, 2.05) is 18.7 Å². The molecule has 0 bridgehead atoms. The van der Waals surface area contributed by atoms with Crippen LogP contribution in [0, 0.1) is 18.3 Å². The lowest BCUT2D eigenvalue weighted by atomic mass is 9.68. The van der Waals surface area contributed by atoms with Crippen molar-refractivity contribution < 1.29 is 9.59 Å². The molecule has 3 N–H and O–H groups in total. The Balaban J connectivity index is 0. The van der Waals surface area contributed by atoms with Crippen LogP contribution in [0.1, 0.15) is 91.2 Å². The molecule has 1 saturated heterocycles. The first-order valence-corrected chi connectivity index (χ1v) is 16.8. The number of aliphatic imine (C=N–C) groups is 1. The van der Waals surface area contributed by atoms with Crippen molar-refractivity contribution in [2.75, 3.05) is 37.8 Å². The van der Waals surface area contributed by atoms with E-state index in [0.29, 0.717) is 18.8 Å². The SMILES string of the molecule is C=N/C=N\NCC1(C(C)CC)CCN(C(=O)CCc2ccc(C)cc2)CC1.CC.CCC.CNC(=O)CCNCI. The summed E-state index contributed by atoms with van der Waals surface area (Å²) >= 11 is 2.20. The highest BCUT2D eigenvalue weighted by Crippen LogP contribution is 2.40. The highest BCUT2D eigenvalue weighted by atomic mass is 127. The maximum Gasteiger partial charge on any atom is 0.222 e. The van der Waals surface area contributed by atoms with Crippen LogP contribution in [0.5, 0.6) is 0 Å². The molecule has 1 heterocycles. The highest BCUT2D eigenvalue weighted by Gasteiger charge is 2.39. The van der Waals surface area contributed by atoms with Gasteiger partial charge in [0.1, 0.15) is 6.34 Å². The Hall–Kier alpha value is -2.01. The first kappa shape index (κ1) is 41.1. The predicted octanol–water partition coefficient (Wildman–Crippen LogP) is 6.36. The number of carbonyl (C=O) groups excluding carboxylic acids is 2. The zero-order valence-corrected chi connectivity index (χ0v) is 29.4. The number of likely N-dealkylation sites (tertiary alicyclic amines) is 1. The van der Waals surface area contributed by atoms with E-state index in [0.717, 1.165) is 56.4 Å². The van der Waals surface area contributed by atoms with Crippen LogP contribution in [0.3, 0.4) is 0 Å². The third-order valence-electron chi connectivity index (χ3n) is 7.08. The van der Waals surface area contributed by atoms with Gasteiger partial charge in [-0.3, -0.25) is 14.6 Å². The van der Waals surface area contributed by atoms with Crippen molar-refractivity contribution in [3.63, 3.8) is 0 Å². The number of hydrazone groups is 1. The van der Waals surface area contributed by atoms with E-state index in [2.05, 4.69) is 114 Å². The lowest BCUT2D eigenvalue weighted by Crippen LogP contribution is -2.49. The average molecular weight is 687 g/mol. The molecule has 2 rings (SSSR count). The Bertz CT molecular complexity index is 824. The van der Waals surface area contributed by atoms with Crippen molar-refractivity contribution in [2.24, 2.45) is 21.4 Å². The number of piperidine rings is 1. The van der Waals surface area contributed by atoms with E-state index in [1.54, 1.807) is 7.05 Å². The van der Waals surface area contributed by atoms with Gasteiger partial charge in [-0.15, -0.1) is 0 Å². The molecule has 0 spiro atoms. The molecule has 0 aliphatic carbocycles. The summed E-state index contributed by atoms with van der Waals surface area (Å²) in [5, 5.41) is 9.67. The second kappa shape index (κ2) is 26.9. The number of amides is 2. The van der Waals surface area contributed by atoms with E-state index >= 15 is 0 Å². The van der Waals surface area contributed by atoms with E-state index in [9.17, 15) is 9.59 Å². The quantitative estimate of drug-likeness (QED) is 0.0428. The Morgan fingerprint density at radius 1 is 1.12 bits per heavy atom. The molecule has 9 heteroatoms. The van der Waals surface area contributed by atoms with Gasteiger partial charge in [-0.1, -0.05) is 107 Å². The summed E-state index contributed by atoms with van der Waals surface area (Å²) in [6, 6.07) is 8.46. The number of hydrogen-bond acceptors (Lipinski definition) is 5. The molecule has 236 valence electrons. The predicted molar refractivity (Wildman–Crippen MR) is 186 cm³/mol. The molecule has 1 unspecified atom stereocenters. The average Bonchev–Trinajstić information content (AvgIpc) is 3.00. The highest BCUT2D eigenvalue weighted by molar-refractivity contribution is 14.1. The number of hydrogen-bond donors (Lipinski definition) is 3. The van der Waals surface area contributed by atoms with Gasteiger partial charge in [-0.25, -0.2) is 0 Å². The van der Waals surface area contributed by atoms with Gasteiger partial charge >= 0.3 is 0 Å². The summed E-state index contributed by atoms with van der Waals surface area (Å²) in [7, 11) is 1.65. The summed E-state index contributed by atoms with van der Waals surface area (Å²) in [6.07, 6.45) is 7.83. The lowest BCUT2D eigenvalue weighted by molar-refractivity contribution is -0.134. The topological polar surface area (TPSA) is 98.2 Å². The first-order valence-electron chi connectivity index (χ1n) is 15.2. The molecule has 1 aliphatic heterocycles. The minimum atomic E-state index is 0.0901. The molecule has 0 saturated carbocycles. The van der Waals surface area contributed by atoms with Crippen LogP contribution in [0.2, 0.25) is 0 Å². The number of carbonyl (C=O) groups is 2. The molecule has 8 nitrogen and oxygen atoms in total. The van der Waals surface area contributed by atoms with Crippen molar-refractivity contribution in [1.82, 2.24) is 21.0 Å². The maximum absolute atomic E-state index is 12.7. The minimum Gasteiger partial charge on any atom is -0.359 e. The van der Waals surface area contributed by atoms with Crippen LogP contribution in [-0.4, -0.2) is 67.5 Å². The van der Waals surface area contributed by atoms with Gasteiger partial charge in [-0.2, -0.15) is 5.10 Å². The van der Waals surface area contributed by atoms with Crippen molar-refractivity contribution in [2.45, 2.75) is 93.4 Å². The van der Waals surface area contributed by atoms with Gasteiger partial charge in [0.05, 0.1) is 0 Å². The maximum atomic E-state index is 12.7. The second-order valence-electron chi connectivity index (χ2n) is 10.1. The molecule has 1 aromatic carbocycles. The van der Waals surface area contributed by atoms with E-state index in [4.69, 9.17) is 0 Å². The minimum absolute atomic E-state index is 0.0901. The number of halogens is 1. The van der Waals surface area contributed by atoms with E-state index in [1.165, 1.54) is 23.9 Å². The second-order valence-corrected chi connectivity index (χ2v) is 10.8. The van der Waals surface area contributed by atoms with Gasteiger partial charge in [0.2, 0.25) is 11.8 Å². The largest absolute Gasteiger partial charge is 0.359 e. The normalized spacial score (nSPS) is 14.2. The summed E-state index contributed by atoms with van der Waals surface area (Å²) in [5.41, 5.74) is 5.81. The fourth-order valence-corrected chi connectivity index (χ4v) is 4.70. The van der Waals surface area contributed by atoms with Gasteiger partial charge in [0, 0.05) is 50.6 Å². The monoisotopic (exact) mass is 686 g/mol. The summed E-state index contributed by atoms with van der Waals surface area (Å²) in [4.78, 5) is 28.9. The van der Waals surface area contributed by atoms with Crippen molar-refractivity contribution in [3.05, 3.63) is 35.4 Å². The molecule has 1 atom stereocenters. The number of alkyl halides is 1. The van der Waals surface area contributed by atoms with Gasteiger partial charge in [-0.05, 0) is 49.8 Å². The molecule has 0 aromatic heterocycles. The Morgan fingerprint density at radius 3 is 2.20 bits per heavy atom. The fraction of sp³-hybridized carbons (Fsp3) is 0.688. The number of nitrogens with zero attached hydrogens (tertiary/aromatic N) is 3. The molecule has 1 aliphatic rings. The third kappa shape index (κ3) is 18.9. The summed E-state index contributed by atoms with van der Waals surface area (Å²) in [6.45, 7) is 21.5. The van der Waals surface area contributed by atoms with Crippen molar-refractivity contribution in [1.29, 1.82) is 0 Å². The van der Waals surface area contributed by atoms with Crippen LogP contribution in [-0.2, 0) is 16.0 Å². The van der Waals surface area contributed by atoms with Crippen molar-refractivity contribution in [3.8, 4) is 0 Å². The van der Waals surface area contributed by atoms with Crippen LogP contribution >= 0.6 is 22.6 Å². The standard InChI is InChI=1S/C22H34N4O.C5H11IN2O.C3H8.C2H6/c1-5-19(3)22(16-24-25-17-23-4)12-14-26(15-13-22)21(27)11-10-20-8-6-18(2)7-9-20;1-7-5(9)2-3-8-4-6;1-3-2;1-2/h6-9,17,19,24H,4-5,10-16H2,1-3H3;8H,2-4H2,1H3,(H,7,9);3H2,1-2H3;1-2H3/b25-17-;;;. The zero-order chi connectivity index (χ0) is 31.5. The summed E-state index contributed by atoms with van der Waals surface area (Å²) < 4.78 is 0.898. The fourth-order valence-electron chi connectivity index (χ4n) is 4.32. The molecule has 41 heavy (non-hydrogen) atoms. The first-order chi connectivity index (χ1) is 19.7. The Labute approximate surface area is 265 Å². The van der Waals surface area contributed by atoms with Gasteiger partial charge in [0.25, 0.3) is 0 Å². The van der Waals surface area contributed by atoms with Crippen molar-refractivity contribution >= 4 is 47.5 Å². The molecular formula is C32H59IN6O2. The van der Waals surface area contributed by atoms with Gasteiger partial charge in [0.15, 0.2) is 0 Å².